The Kier molecular flexibility index (Phi) is 21.9. The van der Waals surface area contributed by atoms with Gasteiger partial charge in [0.1, 0.15) is 9.87 Å². The summed E-state index contributed by atoms with van der Waals surface area (Å²) in [5, 5.41) is 0. The predicted molar refractivity (Wildman–Crippen MR) is 209 cm³/mol. The average Bonchev–Trinajstić information content (AvgIpc) is 3.65. The first-order valence-corrected chi connectivity index (χ1v) is 22.3. The van der Waals surface area contributed by atoms with E-state index in [0.717, 1.165) is 51.8 Å². The standard InChI is InChI=1S/C6H12O2.C6H12OS.C6H12S2.C5H10O2.C5H10OS.C5H10S2/c3*1-6(2)7-4-3-5-8-6;3*1-5(2)6-3-4-7-5/h3*3-5H2,1-2H3;3*3-4H2,1-2H3. The molecule has 45 heavy (non-hydrogen) atoms. The first kappa shape index (κ1) is 44.9. The van der Waals surface area contributed by atoms with Gasteiger partial charge in [0.25, 0.3) is 0 Å². The Bertz CT molecular complexity index is 631. The number of hydrogen-bond donors (Lipinski definition) is 0. The van der Waals surface area contributed by atoms with Gasteiger partial charge >= 0.3 is 0 Å². The van der Waals surface area contributed by atoms with Crippen LogP contribution in [-0.2, 0) is 28.4 Å². The fourth-order valence-corrected chi connectivity index (χ4v) is 10.9. The van der Waals surface area contributed by atoms with Crippen molar-refractivity contribution in [2.75, 3.05) is 74.2 Å². The predicted octanol–water partition coefficient (Wildman–Crippen LogP) is 10.1. The van der Waals surface area contributed by atoms with Crippen molar-refractivity contribution in [2.24, 2.45) is 0 Å². The molecule has 0 amide bonds. The van der Waals surface area contributed by atoms with Crippen LogP contribution in [0, 0.1) is 0 Å². The van der Waals surface area contributed by atoms with Gasteiger partial charge in [-0.1, -0.05) is 0 Å². The molecule has 0 bridgehead atoms. The highest BCUT2D eigenvalue weighted by Crippen LogP contribution is 2.42. The number of ether oxygens (including phenoxy) is 6. The molecule has 0 aromatic rings. The summed E-state index contributed by atoms with van der Waals surface area (Å²) in [5.74, 6) is 7.20. The molecule has 6 fully saturated rings. The van der Waals surface area contributed by atoms with Gasteiger partial charge in [-0.15, -0.1) is 70.6 Å². The Morgan fingerprint density at radius 1 is 0.311 bits per heavy atom. The van der Waals surface area contributed by atoms with E-state index >= 15 is 0 Å². The molecule has 0 spiro atoms. The molecule has 0 unspecified atom stereocenters. The minimum absolute atomic E-state index is 0.0955. The summed E-state index contributed by atoms with van der Waals surface area (Å²) < 4.78 is 32.5. The van der Waals surface area contributed by atoms with Gasteiger partial charge in [0.15, 0.2) is 11.6 Å². The van der Waals surface area contributed by atoms with Crippen LogP contribution >= 0.6 is 70.6 Å². The largest absolute Gasteiger partial charge is 0.365 e. The van der Waals surface area contributed by atoms with Crippen LogP contribution in [0.15, 0.2) is 0 Å². The molecule has 0 aromatic carbocycles. The molecule has 0 radical (unpaired) electrons. The van der Waals surface area contributed by atoms with E-state index in [1.54, 1.807) is 0 Å². The maximum absolute atomic E-state index is 5.43. The van der Waals surface area contributed by atoms with Gasteiger partial charge in [-0.25, -0.2) is 0 Å². The molecule has 6 heterocycles. The molecule has 0 atom stereocenters. The molecular formula is C33H66O6S6. The highest BCUT2D eigenvalue weighted by Gasteiger charge is 2.26. The van der Waals surface area contributed by atoms with Crippen LogP contribution in [0.3, 0.4) is 0 Å². The van der Waals surface area contributed by atoms with Crippen molar-refractivity contribution >= 4 is 70.6 Å². The molecule has 6 aliphatic heterocycles. The molecule has 0 aromatic heterocycles. The van der Waals surface area contributed by atoms with E-state index < -0.39 is 0 Å². The van der Waals surface area contributed by atoms with Crippen molar-refractivity contribution in [3.63, 3.8) is 0 Å². The van der Waals surface area contributed by atoms with E-state index in [2.05, 4.69) is 102 Å². The van der Waals surface area contributed by atoms with Crippen LogP contribution in [0.1, 0.15) is 102 Å². The second-order valence-electron chi connectivity index (χ2n) is 13.6. The van der Waals surface area contributed by atoms with Crippen LogP contribution in [0.5, 0.6) is 0 Å². The third-order valence-corrected chi connectivity index (χ3v) is 15.3. The Morgan fingerprint density at radius 3 is 0.844 bits per heavy atom. The molecule has 6 rings (SSSR count). The van der Waals surface area contributed by atoms with Gasteiger partial charge in [-0.05, 0) is 120 Å². The lowest BCUT2D eigenvalue weighted by molar-refractivity contribution is -0.244. The Balaban J connectivity index is 0.000000270. The van der Waals surface area contributed by atoms with Gasteiger partial charge in [-0.2, -0.15) is 0 Å². The third-order valence-electron chi connectivity index (χ3n) is 6.51. The molecule has 6 aliphatic rings. The zero-order valence-corrected chi connectivity index (χ0v) is 35.4. The first-order chi connectivity index (χ1) is 20.7. The second kappa shape index (κ2) is 21.9. The highest BCUT2D eigenvalue weighted by atomic mass is 32.2. The van der Waals surface area contributed by atoms with Gasteiger partial charge in [0.2, 0.25) is 0 Å². The van der Waals surface area contributed by atoms with Crippen LogP contribution in [0.2, 0.25) is 0 Å². The zero-order chi connectivity index (χ0) is 34.1. The lowest BCUT2D eigenvalue weighted by Gasteiger charge is -2.29. The lowest BCUT2D eigenvalue weighted by Crippen LogP contribution is -2.33. The maximum atomic E-state index is 5.43. The zero-order valence-electron chi connectivity index (χ0n) is 30.5. The molecule has 6 nitrogen and oxygen atoms in total. The molecule has 0 saturated carbocycles. The minimum Gasteiger partial charge on any atom is -0.365 e. The monoisotopic (exact) mass is 750 g/mol. The lowest BCUT2D eigenvalue weighted by atomic mass is 10.3. The summed E-state index contributed by atoms with van der Waals surface area (Å²) in [6, 6.07) is 0. The summed E-state index contributed by atoms with van der Waals surface area (Å²) in [6.45, 7) is 30.4. The van der Waals surface area contributed by atoms with Gasteiger partial charge in [0.05, 0.1) is 41.2 Å². The normalized spacial score (nSPS) is 28.0. The fourth-order valence-electron chi connectivity index (χ4n) is 4.06. The summed E-state index contributed by atoms with van der Waals surface area (Å²) in [5.41, 5.74) is 0. The number of thioether (sulfide) groups is 6. The van der Waals surface area contributed by atoms with Crippen molar-refractivity contribution in [1.29, 1.82) is 0 Å². The Morgan fingerprint density at radius 2 is 0.667 bits per heavy atom. The van der Waals surface area contributed by atoms with E-state index in [9.17, 15) is 0 Å². The third kappa shape index (κ3) is 25.5. The maximum Gasteiger partial charge on any atom is 0.162 e. The molecule has 0 N–H and O–H groups in total. The molecule has 0 aliphatic carbocycles. The van der Waals surface area contributed by atoms with Crippen LogP contribution in [0.4, 0.5) is 0 Å². The average molecular weight is 751 g/mol. The fraction of sp³-hybridized carbons (Fsp3) is 1.00. The topological polar surface area (TPSA) is 55.4 Å². The molecular weight excluding hydrogens is 685 g/mol. The van der Waals surface area contributed by atoms with E-state index in [-0.39, 0.29) is 21.4 Å². The Labute approximate surface area is 303 Å². The first-order valence-electron chi connectivity index (χ1n) is 16.4. The summed E-state index contributed by atoms with van der Waals surface area (Å²) >= 11 is 12.1. The summed E-state index contributed by atoms with van der Waals surface area (Å²) in [4.78, 5) is 0.207. The summed E-state index contributed by atoms with van der Waals surface area (Å²) in [7, 11) is 0. The quantitative estimate of drug-likeness (QED) is 0.237. The smallest absolute Gasteiger partial charge is 0.162 e. The van der Waals surface area contributed by atoms with Gasteiger partial charge < -0.3 is 28.4 Å². The van der Waals surface area contributed by atoms with E-state index in [4.69, 9.17) is 28.4 Å². The van der Waals surface area contributed by atoms with Crippen molar-refractivity contribution in [2.45, 2.75) is 132 Å². The Hall–Kier alpha value is 1.86. The molecule has 270 valence electrons. The summed E-state index contributed by atoms with van der Waals surface area (Å²) in [6.07, 6.45) is 3.65. The number of rotatable bonds is 0. The SMILES string of the molecule is CC1(C)OCCCO1.CC1(C)OCCCS1.CC1(C)OCCO1.CC1(C)OCCS1.CC1(C)SCCCS1.CC1(C)SCCS1. The van der Waals surface area contributed by atoms with Crippen LogP contribution in [-0.4, -0.2) is 104 Å². The van der Waals surface area contributed by atoms with Crippen molar-refractivity contribution < 1.29 is 28.4 Å². The highest BCUT2D eigenvalue weighted by molar-refractivity contribution is 8.21. The van der Waals surface area contributed by atoms with E-state index in [0.29, 0.717) is 8.16 Å². The van der Waals surface area contributed by atoms with Gasteiger partial charge in [0, 0.05) is 23.9 Å². The van der Waals surface area contributed by atoms with Crippen molar-refractivity contribution in [3.8, 4) is 0 Å². The van der Waals surface area contributed by atoms with Gasteiger partial charge in [-0.3, -0.25) is 0 Å². The molecule has 12 heteroatoms. The van der Waals surface area contributed by atoms with Crippen molar-refractivity contribution in [3.05, 3.63) is 0 Å². The number of hydrogen-bond acceptors (Lipinski definition) is 12. The van der Waals surface area contributed by atoms with Crippen LogP contribution in [0.25, 0.3) is 0 Å². The van der Waals surface area contributed by atoms with Crippen LogP contribution < -0.4 is 0 Å². The molecule has 6 saturated heterocycles. The van der Waals surface area contributed by atoms with E-state index in [1.165, 1.54) is 41.6 Å². The van der Waals surface area contributed by atoms with E-state index in [1.807, 2.05) is 51.2 Å². The minimum atomic E-state index is -0.321. The van der Waals surface area contributed by atoms with Crippen molar-refractivity contribution in [1.82, 2.24) is 0 Å². The second-order valence-corrected chi connectivity index (χ2v) is 24.4.